The molecule has 10 rings (SSSR count). The Morgan fingerprint density at radius 1 is 0.217 bits per heavy atom. The van der Waals surface area contributed by atoms with Crippen LogP contribution < -0.4 is 0 Å². The summed E-state index contributed by atoms with van der Waals surface area (Å²) in [5.74, 6) is 0. The molecule has 0 fully saturated rings. The van der Waals surface area contributed by atoms with Crippen LogP contribution in [0.5, 0.6) is 0 Å². The highest BCUT2D eigenvalue weighted by Crippen LogP contribution is 2.47. The van der Waals surface area contributed by atoms with E-state index in [1.807, 2.05) is 0 Å². The lowest BCUT2D eigenvalue weighted by molar-refractivity contribution is 1.71. The molecule has 0 N–H and O–H groups in total. The van der Waals surface area contributed by atoms with Crippen molar-refractivity contribution in [1.82, 2.24) is 0 Å². The van der Waals surface area contributed by atoms with Gasteiger partial charge >= 0.3 is 0 Å². The summed E-state index contributed by atoms with van der Waals surface area (Å²) in [6, 6.07) is 62.9. The standard InChI is InChI=1S/C46H28/c1-5-17-34-29(13-1)25-30-14-2-6-18-35(30)45(34)42-27-33-28-43(39-22-10-12-24-41(39)44(33)40-23-11-9-21-38(40)42)46-36-19-7-3-15-31(36)26-32-16-4-8-20-37(32)46/h1-28H. The molecule has 0 nitrogen and oxygen atoms in total. The van der Waals surface area contributed by atoms with Crippen molar-refractivity contribution in [2.45, 2.75) is 0 Å². The average molecular weight is 581 g/mol. The summed E-state index contributed by atoms with van der Waals surface area (Å²) in [5, 5.41) is 17.9. The second kappa shape index (κ2) is 9.76. The van der Waals surface area contributed by atoms with E-state index in [4.69, 9.17) is 0 Å². The lowest BCUT2D eigenvalue weighted by Gasteiger charge is -2.19. The molecule has 0 amide bonds. The van der Waals surface area contributed by atoms with Crippen LogP contribution >= 0.6 is 0 Å². The van der Waals surface area contributed by atoms with E-state index >= 15 is 0 Å². The fourth-order valence-corrected chi connectivity index (χ4v) is 8.00. The van der Waals surface area contributed by atoms with Gasteiger partial charge in [0.15, 0.2) is 0 Å². The molecular weight excluding hydrogens is 553 g/mol. The van der Waals surface area contributed by atoms with Crippen LogP contribution in [0, 0.1) is 0 Å². The monoisotopic (exact) mass is 580 g/mol. The van der Waals surface area contributed by atoms with Crippen LogP contribution in [0.15, 0.2) is 170 Å². The van der Waals surface area contributed by atoms with E-state index in [1.165, 1.54) is 97.7 Å². The predicted molar refractivity (Wildman–Crippen MR) is 200 cm³/mol. The normalized spacial score (nSPS) is 11.9. The van der Waals surface area contributed by atoms with Gasteiger partial charge in [0.05, 0.1) is 0 Å². The van der Waals surface area contributed by atoms with Gasteiger partial charge in [-0.2, -0.15) is 0 Å². The van der Waals surface area contributed by atoms with Crippen molar-refractivity contribution in [2.24, 2.45) is 0 Å². The Morgan fingerprint density at radius 3 is 0.848 bits per heavy atom. The van der Waals surface area contributed by atoms with Crippen LogP contribution in [0.2, 0.25) is 0 Å². The van der Waals surface area contributed by atoms with Gasteiger partial charge in [-0.3, -0.25) is 0 Å². The zero-order valence-corrected chi connectivity index (χ0v) is 25.2. The van der Waals surface area contributed by atoms with Gasteiger partial charge in [0, 0.05) is 0 Å². The van der Waals surface area contributed by atoms with E-state index in [-0.39, 0.29) is 0 Å². The Labute approximate surface area is 266 Å². The molecule has 0 radical (unpaired) electrons. The number of benzene rings is 10. The minimum Gasteiger partial charge on any atom is -0.0616 e. The maximum Gasteiger partial charge on any atom is -0.00204 e. The molecule has 0 atom stereocenters. The Kier molecular flexibility index (Phi) is 5.38. The largest absolute Gasteiger partial charge is 0.0616 e. The lowest BCUT2D eigenvalue weighted by atomic mass is 9.84. The van der Waals surface area contributed by atoms with Crippen molar-refractivity contribution >= 4 is 75.4 Å². The molecule has 0 aromatic heterocycles. The molecule has 0 unspecified atom stereocenters. The fourth-order valence-electron chi connectivity index (χ4n) is 8.00. The smallest absolute Gasteiger partial charge is 0.00204 e. The molecule has 0 spiro atoms. The topological polar surface area (TPSA) is 0 Å². The first-order chi connectivity index (χ1) is 22.8. The van der Waals surface area contributed by atoms with Crippen molar-refractivity contribution < 1.29 is 0 Å². The van der Waals surface area contributed by atoms with E-state index in [0.717, 1.165) is 0 Å². The molecule has 0 heterocycles. The molecule has 0 heteroatoms. The molecule has 10 aromatic carbocycles. The first kappa shape index (κ1) is 25.4. The highest BCUT2D eigenvalue weighted by molar-refractivity contribution is 6.29. The van der Waals surface area contributed by atoms with Crippen LogP contribution in [0.25, 0.3) is 97.7 Å². The van der Waals surface area contributed by atoms with E-state index in [0.29, 0.717) is 0 Å². The van der Waals surface area contributed by atoms with Gasteiger partial charge in [0.1, 0.15) is 0 Å². The van der Waals surface area contributed by atoms with E-state index in [2.05, 4.69) is 170 Å². The minimum absolute atomic E-state index is 1.26. The van der Waals surface area contributed by atoms with Gasteiger partial charge in [-0.25, -0.2) is 0 Å². The zero-order chi connectivity index (χ0) is 30.2. The van der Waals surface area contributed by atoms with Gasteiger partial charge in [-0.1, -0.05) is 146 Å². The summed E-state index contributed by atoms with van der Waals surface area (Å²) >= 11 is 0. The van der Waals surface area contributed by atoms with Crippen molar-refractivity contribution in [2.75, 3.05) is 0 Å². The third-order valence-corrected chi connectivity index (χ3v) is 9.94. The number of hydrogen-bond donors (Lipinski definition) is 0. The van der Waals surface area contributed by atoms with Gasteiger partial charge in [0.2, 0.25) is 0 Å². The Balaban J connectivity index is 1.42. The first-order valence-corrected chi connectivity index (χ1v) is 16.0. The second-order valence-electron chi connectivity index (χ2n) is 12.4. The molecule has 0 saturated carbocycles. The van der Waals surface area contributed by atoms with Crippen LogP contribution in [-0.2, 0) is 0 Å². The van der Waals surface area contributed by atoms with Crippen LogP contribution in [0.1, 0.15) is 0 Å². The molecule has 46 heavy (non-hydrogen) atoms. The summed E-state index contributed by atoms with van der Waals surface area (Å²) in [6.45, 7) is 0. The minimum atomic E-state index is 1.26. The summed E-state index contributed by atoms with van der Waals surface area (Å²) in [6.07, 6.45) is 0. The number of fused-ring (bicyclic) bond motifs is 9. The van der Waals surface area contributed by atoms with Crippen molar-refractivity contribution in [3.8, 4) is 22.3 Å². The Morgan fingerprint density at radius 2 is 0.500 bits per heavy atom. The third kappa shape index (κ3) is 3.62. The Bertz CT molecular complexity index is 2550. The molecule has 0 saturated heterocycles. The van der Waals surface area contributed by atoms with Gasteiger partial charge in [-0.05, 0) is 122 Å². The summed E-state index contributed by atoms with van der Waals surface area (Å²) in [4.78, 5) is 0. The van der Waals surface area contributed by atoms with Crippen LogP contribution in [-0.4, -0.2) is 0 Å². The maximum absolute atomic E-state index is 2.47. The maximum atomic E-state index is 2.47. The predicted octanol–water partition coefficient (Wildman–Crippen LogP) is 13.1. The number of hydrogen-bond acceptors (Lipinski definition) is 0. The quantitative estimate of drug-likeness (QED) is 0.141. The highest BCUT2D eigenvalue weighted by Gasteiger charge is 2.19. The van der Waals surface area contributed by atoms with Gasteiger partial charge in [0.25, 0.3) is 0 Å². The van der Waals surface area contributed by atoms with E-state index in [9.17, 15) is 0 Å². The van der Waals surface area contributed by atoms with Gasteiger partial charge in [-0.15, -0.1) is 0 Å². The van der Waals surface area contributed by atoms with E-state index < -0.39 is 0 Å². The molecule has 0 aliphatic carbocycles. The second-order valence-corrected chi connectivity index (χ2v) is 12.4. The van der Waals surface area contributed by atoms with Crippen LogP contribution in [0.3, 0.4) is 0 Å². The lowest BCUT2D eigenvalue weighted by Crippen LogP contribution is -1.92. The molecule has 0 aliphatic heterocycles. The first-order valence-electron chi connectivity index (χ1n) is 16.0. The molecule has 0 aliphatic rings. The van der Waals surface area contributed by atoms with E-state index in [1.54, 1.807) is 0 Å². The van der Waals surface area contributed by atoms with Crippen molar-refractivity contribution in [1.29, 1.82) is 0 Å². The van der Waals surface area contributed by atoms with Crippen LogP contribution in [0.4, 0.5) is 0 Å². The fraction of sp³-hybridized carbons (Fsp3) is 0. The van der Waals surface area contributed by atoms with Gasteiger partial charge < -0.3 is 0 Å². The summed E-state index contributed by atoms with van der Waals surface area (Å²) < 4.78 is 0. The summed E-state index contributed by atoms with van der Waals surface area (Å²) in [7, 11) is 0. The average Bonchev–Trinajstić information content (AvgIpc) is 3.12. The molecule has 0 bridgehead atoms. The van der Waals surface area contributed by atoms with Crippen molar-refractivity contribution in [3.05, 3.63) is 170 Å². The highest BCUT2D eigenvalue weighted by atomic mass is 14.2. The third-order valence-electron chi connectivity index (χ3n) is 9.94. The number of rotatable bonds is 2. The SMILES string of the molecule is c1ccc2c(-c3cc4cc(-c5c6ccccc6cc6ccccc56)c5ccccc5c4c4ccccc34)c3ccccc3cc2c1. The van der Waals surface area contributed by atoms with Crippen molar-refractivity contribution in [3.63, 3.8) is 0 Å². The zero-order valence-electron chi connectivity index (χ0n) is 25.2. The molecule has 212 valence electrons. The molecule has 10 aromatic rings. The molecular formula is C46H28. The summed E-state index contributed by atoms with van der Waals surface area (Å²) in [5.41, 5.74) is 5.16. The Hall–Kier alpha value is -5.98.